The number of fused-ring (bicyclic) bond motifs is 1. The minimum Gasteiger partial charge on any atom is -0.439 e. The third-order valence-corrected chi connectivity index (χ3v) is 3.86. The molecule has 4 rings (SSSR count). The van der Waals surface area contributed by atoms with Gasteiger partial charge in [0.05, 0.1) is 23.6 Å². The molecule has 0 saturated heterocycles. The predicted molar refractivity (Wildman–Crippen MR) is 85.4 cm³/mol. The highest BCUT2D eigenvalue weighted by atomic mass is 19.2. The van der Waals surface area contributed by atoms with Crippen LogP contribution in [0.1, 0.15) is 11.5 Å². The van der Waals surface area contributed by atoms with Crippen LogP contribution in [0.4, 0.5) is 8.78 Å². The van der Waals surface area contributed by atoms with Crippen LogP contribution in [0, 0.1) is 18.6 Å². The molecular formula is C18H13F2N3O. The van der Waals surface area contributed by atoms with Crippen molar-refractivity contribution in [2.45, 2.75) is 13.5 Å². The molecule has 2 aromatic carbocycles. The molecule has 0 bridgehead atoms. The van der Waals surface area contributed by atoms with Crippen LogP contribution < -0.4 is 0 Å². The van der Waals surface area contributed by atoms with E-state index in [0.717, 1.165) is 23.3 Å². The second-order valence-electron chi connectivity index (χ2n) is 5.61. The largest absolute Gasteiger partial charge is 0.439 e. The molecule has 2 aromatic heterocycles. The maximum atomic E-state index is 13.4. The quantitative estimate of drug-likeness (QED) is 0.563. The van der Waals surface area contributed by atoms with Crippen molar-refractivity contribution < 1.29 is 13.2 Å². The van der Waals surface area contributed by atoms with Crippen LogP contribution >= 0.6 is 0 Å². The summed E-state index contributed by atoms with van der Waals surface area (Å²) in [5.41, 5.74) is 2.98. The highest BCUT2D eigenvalue weighted by Crippen LogP contribution is 2.23. The summed E-state index contributed by atoms with van der Waals surface area (Å²) in [5.74, 6) is -0.691. The Kier molecular flexibility index (Phi) is 3.37. The molecule has 0 N–H and O–H groups in total. The van der Waals surface area contributed by atoms with Gasteiger partial charge in [-0.05, 0) is 6.92 Å². The third-order valence-electron chi connectivity index (χ3n) is 3.86. The van der Waals surface area contributed by atoms with Crippen molar-refractivity contribution in [3.63, 3.8) is 0 Å². The highest BCUT2D eigenvalue weighted by Gasteiger charge is 2.12. The average Bonchev–Trinajstić information content (AvgIpc) is 3.17. The summed E-state index contributed by atoms with van der Waals surface area (Å²) in [4.78, 5) is 8.33. The van der Waals surface area contributed by atoms with Gasteiger partial charge in [0.1, 0.15) is 6.54 Å². The lowest BCUT2D eigenvalue weighted by atomic mass is 10.1. The zero-order valence-electron chi connectivity index (χ0n) is 12.8. The predicted octanol–water partition coefficient (Wildman–Crippen LogP) is 4.33. The number of aromatic nitrogens is 3. The van der Waals surface area contributed by atoms with Crippen LogP contribution in [0.25, 0.3) is 22.4 Å². The van der Waals surface area contributed by atoms with E-state index in [-0.39, 0.29) is 6.54 Å². The number of benzene rings is 2. The van der Waals surface area contributed by atoms with Gasteiger partial charge in [-0.1, -0.05) is 29.8 Å². The fourth-order valence-corrected chi connectivity index (χ4v) is 2.56. The molecule has 2 heterocycles. The molecule has 0 saturated carbocycles. The summed E-state index contributed by atoms with van der Waals surface area (Å²) in [6.45, 7) is 2.30. The second kappa shape index (κ2) is 5.56. The van der Waals surface area contributed by atoms with Crippen molar-refractivity contribution in [3.8, 4) is 11.3 Å². The Balaban J connectivity index is 1.64. The SMILES string of the molecule is Cc1ccc(-c2cnc(Cn3cnc4cc(F)c(F)cc43)o2)cc1. The Hall–Kier alpha value is -3.02. The summed E-state index contributed by atoms with van der Waals surface area (Å²) >= 11 is 0. The topological polar surface area (TPSA) is 43.9 Å². The minimum absolute atomic E-state index is 0.285. The fourth-order valence-electron chi connectivity index (χ4n) is 2.56. The first-order valence-electron chi connectivity index (χ1n) is 7.42. The molecule has 6 heteroatoms. The van der Waals surface area contributed by atoms with Gasteiger partial charge in [-0.3, -0.25) is 0 Å². The molecule has 0 radical (unpaired) electrons. The van der Waals surface area contributed by atoms with Crippen molar-refractivity contribution in [1.29, 1.82) is 0 Å². The monoisotopic (exact) mass is 325 g/mol. The summed E-state index contributed by atoms with van der Waals surface area (Å²) in [6, 6.07) is 10.1. The summed E-state index contributed by atoms with van der Waals surface area (Å²) < 4.78 is 34.1. The molecule has 0 aliphatic heterocycles. The van der Waals surface area contributed by atoms with Gasteiger partial charge in [-0.2, -0.15) is 0 Å². The maximum Gasteiger partial charge on any atom is 0.214 e. The number of oxazole rings is 1. The number of hydrogen-bond acceptors (Lipinski definition) is 3. The standard InChI is InChI=1S/C18H13F2N3O/c1-11-2-4-12(5-3-11)17-8-21-18(24-17)9-23-10-22-15-6-13(19)14(20)7-16(15)23/h2-8,10H,9H2,1H3. The lowest BCUT2D eigenvalue weighted by molar-refractivity contribution is 0.490. The van der Waals surface area contributed by atoms with E-state index in [1.165, 1.54) is 6.33 Å². The Bertz CT molecular complexity index is 1020. The second-order valence-corrected chi connectivity index (χ2v) is 5.61. The van der Waals surface area contributed by atoms with Crippen LogP contribution in [0.15, 0.2) is 53.3 Å². The Morgan fingerprint density at radius 1 is 1.04 bits per heavy atom. The number of rotatable bonds is 3. The van der Waals surface area contributed by atoms with E-state index in [1.54, 1.807) is 10.8 Å². The van der Waals surface area contributed by atoms with Crippen molar-refractivity contribution in [2.24, 2.45) is 0 Å². The number of hydrogen-bond donors (Lipinski definition) is 0. The van der Waals surface area contributed by atoms with Crippen molar-refractivity contribution >= 4 is 11.0 Å². The van der Waals surface area contributed by atoms with Gasteiger partial charge < -0.3 is 8.98 Å². The molecule has 120 valence electrons. The number of nitrogens with zero attached hydrogens (tertiary/aromatic N) is 3. The van der Waals surface area contributed by atoms with Crippen LogP contribution in [0.3, 0.4) is 0 Å². The molecule has 4 nitrogen and oxygen atoms in total. The van der Waals surface area contributed by atoms with E-state index in [4.69, 9.17) is 4.42 Å². The number of imidazole rings is 1. The van der Waals surface area contributed by atoms with Crippen molar-refractivity contribution in [1.82, 2.24) is 14.5 Å². The summed E-state index contributed by atoms with van der Waals surface area (Å²) in [6.07, 6.45) is 3.17. The molecule has 0 atom stereocenters. The molecule has 0 fully saturated rings. The zero-order chi connectivity index (χ0) is 16.7. The molecule has 0 aliphatic rings. The maximum absolute atomic E-state index is 13.4. The Morgan fingerprint density at radius 3 is 2.58 bits per heavy atom. The molecule has 0 unspecified atom stereocenters. The molecule has 0 spiro atoms. The zero-order valence-corrected chi connectivity index (χ0v) is 12.8. The van der Waals surface area contributed by atoms with E-state index < -0.39 is 11.6 Å². The number of aryl methyl sites for hydroxylation is 1. The highest BCUT2D eigenvalue weighted by molar-refractivity contribution is 5.75. The van der Waals surface area contributed by atoms with E-state index in [2.05, 4.69) is 9.97 Å². The van der Waals surface area contributed by atoms with E-state index in [9.17, 15) is 8.78 Å². The van der Waals surface area contributed by atoms with Crippen LogP contribution in [0.2, 0.25) is 0 Å². The molecule has 0 amide bonds. The number of halogens is 2. The lowest BCUT2D eigenvalue weighted by Gasteiger charge is -2.01. The van der Waals surface area contributed by atoms with Gasteiger partial charge in [0.25, 0.3) is 0 Å². The molecule has 0 aliphatic carbocycles. The van der Waals surface area contributed by atoms with Gasteiger partial charge in [0.15, 0.2) is 17.4 Å². The van der Waals surface area contributed by atoms with Crippen LogP contribution in [-0.4, -0.2) is 14.5 Å². The van der Waals surface area contributed by atoms with Crippen molar-refractivity contribution in [3.05, 3.63) is 72.0 Å². The lowest BCUT2D eigenvalue weighted by Crippen LogP contribution is -1.98. The smallest absolute Gasteiger partial charge is 0.214 e. The molecular weight excluding hydrogens is 312 g/mol. The summed E-state index contributed by atoms with van der Waals surface area (Å²) in [7, 11) is 0. The van der Waals surface area contributed by atoms with Gasteiger partial charge >= 0.3 is 0 Å². The Morgan fingerprint density at radius 2 is 1.79 bits per heavy atom. The fraction of sp³-hybridized carbons (Fsp3) is 0.111. The van der Waals surface area contributed by atoms with Crippen molar-refractivity contribution in [2.75, 3.05) is 0 Å². The first-order chi connectivity index (χ1) is 11.6. The molecule has 4 aromatic rings. The van der Waals surface area contributed by atoms with Crippen LogP contribution in [0.5, 0.6) is 0 Å². The first-order valence-corrected chi connectivity index (χ1v) is 7.42. The van der Waals surface area contributed by atoms with Gasteiger partial charge in [0.2, 0.25) is 5.89 Å². The minimum atomic E-state index is -0.912. The van der Waals surface area contributed by atoms with Gasteiger partial charge in [0, 0.05) is 17.7 Å². The van der Waals surface area contributed by atoms with Gasteiger partial charge in [-0.25, -0.2) is 18.7 Å². The van der Waals surface area contributed by atoms with E-state index >= 15 is 0 Å². The average molecular weight is 325 g/mol. The molecule has 24 heavy (non-hydrogen) atoms. The van der Waals surface area contributed by atoms with Gasteiger partial charge in [-0.15, -0.1) is 0 Å². The normalized spacial score (nSPS) is 11.3. The van der Waals surface area contributed by atoms with Crippen LogP contribution in [-0.2, 0) is 6.54 Å². The summed E-state index contributed by atoms with van der Waals surface area (Å²) in [5, 5.41) is 0. The first kappa shape index (κ1) is 14.6. The third kappa shape index (κ3) is 2.56. The van der Waals surface area contributed by atoms with E-state index in [1.807, 2.05) is 31.2 Å². The Labute approximate surface area is 136 Å². The van der Waals surface area contributed by atoms with E-state index in [0.29, 0.717) is 22.7 Å².